The fourth-order valence-electron chi connectivity index (χ4n) is 2.14. The quantitative estimate of drug-likeness (QED) is 0.571. The number of hydrogen-bond acceptors (Lipinski definition) is 4. The van der Waals surface area contributed by atoms with Crippen LogP contribution in [-0.4, -0.2) is 20.9 Å². The summed E-state index contributed by atoms with van der Waals surface area (Å²) in [6.45, 7) is 2.08. The van der Waals surface area contributed by atoms with Gasteiger partial charge in [0.05, 0.1) is 6.20 Å². The van der Waals surface area contributed by atoms with E-state index in [0.717, 1.165) is 29.1 Å². The van der Waals surface area contributed by atoms with Gasteiger partial charge in [-0.1, -0.05) is 18.5 Å². The highest BCUT2D eigenvalue weighted by Crippen LogP contribution is 2.24. The van der Waals surface area contributed by atoms with E-state index in [1.807, 2.05) is 18.3 Å². The van der Waals surface area contributed by atoms with Gasteiger partial charge in [-0.15, -0.1) is 11.8 Å². The second-order valence-electron chi connectivity index (χ2n) is 4.58. The number of halogens is 1. The Morgan fingerprint density at radius 2 is 2.05 bits per heavy atom. The first kappa shape index (κ1) is 14.2. The Balaban J connectivity index is 2.01. The number of thioether (sulfide) groups is 1. The molecule has 0 aliphatic carbocycles. The van der Waals surface area contributed by atoms with Gasteiger partial charge in [0.1, 0.15) is 11.0 Å². The van der Waals surface area contributed by atoms with Crippen molar-refractivity contribution in [2.45, 2.75) is 18.2 Å². The van der Waals surface area contributed by atoms with Crippen molar-refractivity contribution in [1.82, 2.24) is 14.6 Å². The Morgan fingerprint density at radius 1 is 1.29 bits per heavy atom. The smallest absolute Gasteiger partial charge is 0.162 e. The minimum Gasteiger partial charge on any atom is -0.340 e. The molecule has 0 saturated heterocycles. The molecule has 0 saturated carbocycles. The molecular formula is C15H15ClN4S. The lowest BCUT2D eigenvalue weighted by molar-refractivity contribution is 0.947. The largest absolute Gasteiger partial charge is 0.340 e. The summed E-state index contributed by atoms with van der Waals surface area (Å²) in [6.07, 6.45) is 4.77. The van der Waals surface area contributed by atoms with E-state index in [-0.39, 0.29) is 0 Å². The highest BCUT2D eigenvalue weighted by Gasteiger charge is 2.10. The van der Waals surface area contributed by atoms with Gasteiger partial charge in [-0.3, -0.25) is 0 Å². The maximum absolute atomic E-state index is 6.13. The van der Waals surface area contributed by atoms with Gasteiger partial charge < -0.3 is 5.32 Å². The summed E-state index contributed by atoms with van der Waals surface area (Å²) >= 11 is 7.85. The number of nitrogens with zero attached hydrogens (tertiary/aromatic N) is 3. The number of fused-ring (bicyclic) bond motifs is 1. The number of rotatable bonds is 4. The standard InChI is InChI=1S/C15H15ClN4S/c1-3-10-9-17-20-14(8-13(16)19-15(10)20)18-11-4-6-12(21-2)7-5-11/h4-9,18H,3H2,1-2H3. The van der Waals surface area contributed by atoms with Crippen molar-refractivity contribution in [3.63, 3.8) is 0 Å². The third-order valence-electron chi connectivity index (χ3n) is 3.26. The van der Waals surface area contributed by atoms with E-state index in [4.69, 9.17) is 11.6 Å². The Kier molecular flexibility index (Phi) is 4.03. The molecule has 3 rings (SSSR count). The maximum Gasteiger partial charge on any atom is 0.162 e. The van der Waals surface area contributed by atoms with Crippen LogP contribution in [0.3, 0.4) is 0 Å². The number of aromatic nitrogens is 3. The molecule has 2 heterocycles. The Labute approximate surface area is 132 Å². The first-order chi connectivity index (χ1) is 10.2. The SMILES string of the molecule is CCc1cnn2c(Nc3ccc(SC)cc3)cc(Cl)nc12. The van der Waals surface area contributed by atoms with Crippen molar-refractivity contribution in [3.05, 3.63) is 47.2 Å². The molecule has 1 aromatic carbocycles. The number of hydrogen-bond donors (Lipinski definition) is 1. The predicted molar refractivity (Wildman–Crippen MR) is 88.9 cm³/mol. The molecule has 4 nitrogen and oxygen atoms in total. The zero-order valence-electron chi connectivity index (χ0n) is 11.8. The third-order valence-corrected chi connectivity index (χ3v) is 4.19. The Morgan fingerprint density at radius 3 is 2.71 bits per heavy atom. The Bertz CT molecular complexity index is 767. The average Bonchev–Trinajstić information content (AvgIpc) is 2.91. The maximum atomic E-state index is 6.13. The van der Waals surface area contributed by atoms with E-state index in [2.05, 4.69) is 40.7 Å². The minimum atomic E-state index is 0.459. The van der Waals surface area contributed by atoms with E-state index in [0.29, 0.717) is 5.15 Å². The van der Waals surface area contributed by atoms with Gasteiger partial charge in [0.2, 0.25) is 0 Å². The fraction of sp³-hybridized carbons (Fsp3) is 0.200. The van der Waals surface area contributed by atoms with Gasteiger partial charge in [-0.25, -0.2) is 4.98 Å². The fourth-order valence-corrected chi connectivity index (χ4v) is 2.73. The molecule has 6 heteroatoms. The Hall–Kier alpha value is -1.72. The van der Waals surface area contributed by atoms with Crippen LogP contribution in [0.15, 0.2) is 41.4 Å². The molecule has 0 radical (unpaired) electrons. The molecule has 0 aliphatic heterocycles. The molecule has 21 heavy (non-hydrogen) atoms. The van der Waals surface area contributed by atoms with Crippen LogP contribution >= 0.6 is 23.4 Å². The lowest BCUT2D eigenvalue weighted by atomic mass is 10.3. The van der Waals surface area contributed by atoms with Gasteiger partial charge in [0.25, 0.3) is 0 Å². The van der Waals surface area contributed by atoms with Crippen molar-refractivity contribution < 1.29 is 0 Å². The lowest BCUT2D eigenvalue weighted by Gasteiger charge is -2.09. The second kappa shape index (κ2) is 5.95. The van der Waals surface area contributed by atoms with Gasteiger partial charge in [-0.2, -0.15) is 9.61 Å². The molecule has 0 aliphatic rings. The molecule has 0 amide bonds. The lowest BCUT2D eigenvalue weighted by Crippen LogP contribution is -2.01. The van der Waals surface area contributed by atoms with Crippen LogP contribution in [0.1, 0.15) is 12.5 Å². The zero-order chi connectivity index (χ0) is 14.8. The van der Waals surface area contributed by atoms with Gasteiger partial charge in [0, 0.05) is 22.2 Å². The van der Waals surface area contributed by atoms with E-state index < -0.39 is 0 Å². The number of aryl methyl sites for hydroxylation is 1. The normalized spacial score (nSPS) is 11.0. The van der Waals surface area contributed by atoms with Crippen LogP contribution in [0.5, 0.6) is 0 Å². The van der Waals surface area contributed by atoms with Crippen molar-refractivity contribution in [3.8, 4) is 0 Å². The summed E-state index contributed by atoms with van der Waals surface area (Å²) in [5.41, 5.74) is 2.87. The first-order valence-corrected chi connectivity index (χ1v) is 8.25. The molecule has 3 aromatic rings. The second-order valence-corrected chi connectivity index (χ2v) is 5.84. The van der Waals surface area contributed by atoms with Crippen LogP contribution in [0, 0.1) is 0 Å². The molecule has 1 N–H and O–H groups in total. The molecule has 0 spiro atoms. The summed E-state index contributed by atoms with van der Waals surface area (Å²) in [7, 11) is 0. The van der Waals surface area contributed by atoms with E-state index in [1.165, 1.54) is 4.90 Å². The molecule has 0 unspecified atom stereocenters. The molecule has 108 valence electrons. The minimum absolute atomic E-state index is 0.459. The van der Waals surface area contributed by atoms with E-state index >= 15 is 0 Å². The van der Waals surface area contributed by atoms with Crippen molar-refractivity contribution >= 4 is 40.5 Å². The highest BCUT2D eigenvalue weighted by molar-refractivity contribution is 7.98. The third kappa shape index (κ3) is 2.84. The molecular weight excluding hydrogens is 304 g/mol. The number of nitrogens with one attached hydrogen (secondary N) is 1. The first-order valence-electron chi connectivity index (χ1n) is 6.65. The summed E-state index contributed by atoms with van der Waals surface area (Å²) in [5, 5.41) is 8.19. The van der Waals surface area contributed by atoms with Crippen LogP contribution < -0.4 is 5.32 Å². The number of benzene rings is 1. The monoisotopic (exact) mass is 318 g/mol. The zero-order valence-corrected chi connectivity index (χ0v) is 13.4. The summed E-state index contributed by atoms with van der Waals surface area (Å²) in [5.74, 6) is 0.807. The van der Waals surface area contributed by atoms with Gasteiger partial charge >= 0.3 is 0 Å². The average molecular weight is 319 g/mol. The number of anilines is 2. The van der Waals surface area contributed by atoms with Crippen LogP contribution in [0.2, 0.25) is 5.15 Å². The highest BCUT2D eigenvalue weighted by atomic mass is 35.5. The van der Waals surface area contributed by atoms with Crippen LogP contribution in [-0.2, 0) is 6.42 Å². The van der Waals surface area contributed by atoms with E-state index in [1.54, 1.807) is 22.3 Å². The van der Waals surface area contributed by atoms with Crippen molar-refractivity contribution in [2.24, 2.45) is 0 Å². The van der Waals surface area contributed by atoms with Crippen molar-refractivity contribution in [2.75, 3.05) is 11.6 Å². The van der Waals surface area contributed by atoms with Gasteiger partial charge in [-0.05, 0) is 36.9 Å². The molecule has 2 aromatic heterocycles. The van der Waals surface area contributed by atoms with E-state index in [9.17, 15) is 0 Å². The summed E-state index contributed by atoms with van der Waals surface area (Å²) < 4.78 is 1.78. The topological polar surface area (TPSA) is 42.2 Å². The summed E-state index contributed by atoms with van der Waals surface area (Å²) in [4.78, 5) is 5.59. The summed E-state index contributed by atoms with van der Waals surface area (Å²) in [6, 6.07) is 10.0. The molecule has 0 fully saturated rings. The van der Waals surface area contributed by atoms with Gasteiger partial charge in [0.15, 0.2) is 5.65 Å². The molecule has 0 atom stereocenters. The molecule has 0 bridgehead atoms. The predicted octanol–water partition coefficient (Wildman–Crippen LogP) is 4.41. The van der Waals surface area contributed by atoms with Crippen LogP contribution in [0.25, 0.3) is 5.65 Å². The van der Waals surface area contributed by atoms with Crippen LogP contribution in [0.4, 0.5) is 11.5 Å². The van der Waals surface area contributed by atoms with Crippen molar-refractivity contribution in [1.29, 1.82) is 0 Å².